The number of hydrogen-bond donors (Lipinski definition) is 2. The highest BCUT2D eigenvalue weighted by molar-refractivity contribution is 7.80. The summed E-state index contributed by atoms with van der Waals surface area (Å²) in [5, 5.41) is 6.93. The smallest absolute Gasteiger partial charge is 0.171 e. The summed E-state index contributed by atoms with van der Waals surface area (Å²) in [6.07, 6.45) is 1.49. The van der Waals surface area contributed by atoms with Gasteiger partial charge in [0.15, 0.2) is 10.9 Å². The number of anilines is 1. The predicted octanol–water partition coefficient (Wildman–Crippen LogP) is 2.30. The molecule has 70 valence electrons. The molecule has 0 amide bonds. The van der Waals surface area contributed by atoms with Crippen molar-refractivity contribution in [2.24, 2.45) is 0 Å². The minimum Gasteiger partial charge on any atom is -0.365 e. The van der Waals surface area contributed by atoms with Gasteiger partial charge in [-0.25, -0.2) is 4.98 Å². The van der Waals surface area contributed by atoms with E-state index in [2.05, 4.69) is 15.6 Å². The Bertz CT molecular complexity index is 330. The van der Waals surface area contributed by atoms with Gasteiger partial charge in [0, 0.05) is 13.2 Å². The van der Waals surface area contributed by atoms with E-state index in [1.807, 2.05) is 0 Å². The molecule has 0 unspecified atom stereocenters. The van der Waals surface area contributed by atoms with Crippen molar-refractivity contribution in [2.75, 3.05) is 12.4 Å². The Morgan fingerprint density at radius 1 is 1.54 bits per heavy atom. The zero-order valence-electron chi connectivity index (χ0n) is 6.77. The van der Waals surface area contributed by atoms with E-state index in [9.17, 15) is 0 Å². The van der Waals surface area contributed by atoms with Crippen LogP contribution in [-0.2, 0) is 0 Å². The summed E-state index contributed by atoms with van der Waals surface area (Å²) in [6, 6.07) is 1.59. The van der Waals surface area contributed by atoms with Gasteiger partial charge in [0.1, 0.15) is 0 Å². The van der Waals surface area contributed by atoms with Crippen molar-refractivity contribution in [3.8, 4) is 0 Å². The Balaban J connectivity index is 2.83. The van der Waals surface area contributed by atoms with Gasteiger partial charge in [-0.15, -0.1) is 0 Å². The first-order chi connectivity index (χ1) is 6.13. The minimum absolute atomic E-state index is 0.435. The van der Waals surface area contributed by atoms with Crippen LogP contribution in [-0.4, -0.2) is 17.1 Å². The monoisotopic (exact) mass is 235 g/mol. The molecule has 2 N–H and O–H groups in total. The second-order valence-electron chi connectivity index (χ2n) is 2.19. The molecule has 0 aliphatic rings. The zero-order chi connectivity index (χ0) is 9.84. The summed E-state index contributed by atoms with van der Waals surface area (Å²) in [7, 11) is 1.71. The molecule has 0 aliphatic heterocycles. The van der Waals surface area contributed by atoms with Crippen molar-refractivity contribution >= 4 is 46.4 Å². The first-order valence-electron chi connectivity index (χ1n) is 3.43. The molecule has 0 fully saturated rings. The van der Waals surface area contributed by atoms with Crippen LogP contribution in [0.2, 0.25) is 10.0 Å². The van der Waals surface area contributed by atoms with E-state index < -0.39 is 0 Å². The lowest BCUT2D eigenvalue weighted by Gasteiger charge is -2.07. The van der Waals surface area contributed by atoms with Crippen LogP contribution in [0.4, 0.5) is 5.82 Å². The molecular formula is C7H7Cl2N3S. The van der Waals surface area contributed by atoms with Crippen LogP contribution in [0.1, 0.15) is 0 Å². The van der Waals surface area contributed by atoms with Crippen molar-refractivity contribution in [2.45, 2.75) is 0 Å². The molecule has 13 heavy (non-hydrogen) atoms. The number of nitrogens with zero attached hydrogens (tertiary/aromatic N) is 1. The van der Waals surface area contributed by atoms with E-state index >= 15 is 0 Å². The molecule has 0 aromatic carbocycles. The maximum atomic E-state index is 5.83. The second kappa shape index (κ2) is 4.60. The van der Waals surface area contributed by atoms with E-state index in [1.165, 1.54) is 6.20 Å². The van der Waals surface area contributed by atoms with Crippen LogP contribution in [0.5, 0.6) is 0 Å². The van der Waals surface area contributed by atoms with Crippen LogP contribution < -0.4 is 10.6 Å². The molecule has 1 aromatic rings. The third kappa shape index (κ3) is 2.99. The number of thiocarbonyl (C=S) groups is 1. The van der Waals surface area contributed by atoms with E-state index in [0.717, 1.165) is 0 Å². The summed E-state index contributed by atoms with van der Waals surface area (Å²) in [6.45, 7) is 0. The molecule has 0 spiro atoms. The lowest BCUT2D eigenvalue weighted by atomic mass is 10.4. The Labute approximate surface area is 91.4 Å². The van der Waals surface area contributed by atoms with Crippen molar-refractivity contribution in [1.29, 1.82) is 0 Å². The molecule has 1 heterocycles. The highest BCUT2D eigenvalue weighted by atomic mass is 35.5. The van der Waals surface area contributed by atoms with E-state index in [0.29, 0.717) is 21.0 Å². The average molecular weight is 236 g/mol. The fraction of sp³-hybridized carbons (Fsp3) is 0.143. The van der Waals surface area contributed by atoms with E-state index in [1.54, 1.807) is 13.1 Å². The molecule has 1 rings (SSSR count). The number of hydrogen-bond acceptors (Lipinski definition) is 2. The van der Waals surface area contributed by atoms with Crippen LogP contribution in [0.25, 0.3) is 0 Å². The third-order valence-corrected chi connectivity index (χ3v) is 2.07. The molecular weight excluding hydrogens is 229 g/mol. The minimum atomic E-state index is 0.435. The van der Waals surface area contributed by atoms with Crippen LogP contribution >= 0.6 is 35.4 Å². The quantitative estimate of drug-likeness (QED) is 0.733. The SMILES string of the molecule is CNC(=S)Nc1ncc(Cl)cc1Cl. The molecule has 0 saturated heterocycles. The first kappa shape index (κ1) is 10.5. The maximum absolute atomic E-state index is 5.83. The first-order valence-corrected chi connectivity index (χ1v) is 4.59. The lowest BCUT2D eigenvalue weighted by molar-refractivity contribution is 1.18. The molecule has 6 heteroatoms. The van der Waals surface area contributed by atoms with Crippen molar-refractivity contribution in [3.05, 3.63) is 22.3 Å². The maximum Gasteiger partial charge on any atom is 0.171 e. The van der Waals surface area contributed by atoms with Gasteiger partial charge in [-0.05, 0) is 18.3 Å². The van der Waals surface area contributed by atoms with Gasteiger partial charge in [-0.3, -0.25) is 0 Å². The second-order valence-corrected chi connectivity index (χ2v) is 3.44. The van der Waals surface area contributed by atoms with Crippen molar-refractivity contribution in [1.82, 2.24) is 10.3 Å². The number of nitrogens with one attached hydrogen (secondary N) is 2. The molecule has 0 saturated carbocycles. The lowest BCUT2D eigenvalue weighted by Crippen LogP contribution is -2.24. The standard InChI is InChI=1S/C7H7Cl2N3S/c1-10-7(13)12-6-5(9)2-4(8)3-11-6/h2-3H,1H3,(H2,10,11,12,13). The Kier molecular flexibility index (Phi) is 3.71. The van der Waals surface area contributed by atoms with Gasteiger partial charge in [0.05, 0.1) is 10.0 Å². The van der Waals surface area contributed by atoms with Gasteiger partial charge >= 0.3 is 0 Å². The summed E-state index contributed by atoms with van der Waals surface area (Å²) in [5.74, 6) is 0.491. The normalized spacial score (nSPS) is 9.46. The van der Waals surface area contributed by atoms with Gasteiger partial charge in [0.2, 0.25) is 0 Å². The van der Waals surface area contributed by atoms with Gasteiger partial charge in [0.25, 0.3) is 0 Å². The van der Waals surface area contributed by atoms with Crippen LogP contribution in [0.15, 0.2) is 12.3 Å². The average Bonchev–Trinajstić information content (AvgIpc) is 2.09. The molecule has 0 atom stereocenters. The Hall–Kier alpha value is -0.580. The summed E-state index contributed by atoms with van der Waals surface area (Å²) in [5.41, 5.74) is 0. The van der Waals surface area contributed by atoms with Crippen molar-refractivity contribution in [3.63, 3.8) is 0 Å². The van der Waals surface area contributed by atoms with E-state index in [-0.39, 0.29) is 0 Å². The Morgan fingerprint density at radius 2 is 2.23 bits per heavy atom. The number of halogens is 2. The fourth-order valence-electron chi connectivity index (χ4n) is 0.677. The number of pyridine rings is 1. The van der Waals surface area contributed by atoms with Crippen molar-refractivity contribution < 1.29 is 0 Å². The fourth-order valence-corrected chi connectivity index (χ4v) is 1.20. The predicted molar refractivity (Wildman–Crippen MR) is 59.5 cm³/mol. The topological polar surface area (TPSA) is 37.0 Å². The number of rotatable bonds is 1. The largest absolute Gasteiger partial charge is 0.365 e. The molecule has 0 radical (unpaired) electrons. The highest BCUT2D eigenvalue weighted by Gasteiger charge is 2.03. The summed E-state index contributed by atoms with van der Waals surface area (Å²) < 4.78 is 0. The van der Waals surface area contributed by atoms with Gasteiger partial charge in [-0.2, -0.15) is 0 Å². The van der Waals surface area contributed by atoms with Gasteiger partial charge in [-0.1, -0.05) is 23.2 Å². The Morgan fingerprint density at radius 3 is 2.77 bits per heavy atom. The van der Waals surface area contributed by atoms with Crippen LogP contribution in [0.3, 0.4) is 0 Å². The third-order valence-electron chi connectivity index (χ3n) is 1.27. The summed E-state index contributed by atoms with van der Waals surface area (Å²) >= 11 is 16.4. The molecule has 1 aromatic heterocycles. The highest BCUT2D eigenvalue weighted by Crippen LogP contribution is 2.22. The van der Waals surface area contributed by atoms with E-state index in [4.69, 9.17) is 35.4 Å². The molecule has 0 bridgehead atoms. The van der Waals surface area contributed by atoms with Gasteiger partial charge < -0.3 is 10.6 Å². The summed E-state index contributed by atoms with van der Waals surface area (Å²) in [4.78, 5) is 3.96. The zero-order valence-corrected chi connectivity index (χ0v) is 9.09. The van der Waals surface area contributed by atoms with Crippen LogP contribution in [0, 0.1) is 0 Å². The number of aromatic nitrogens is 1. The molecule has 0 aliphatic carbocycles. The molecule has 3 nitrogen and oxygen atoms in total.